The van der Waals surface area contributed by atoms with Crippen molar-refractivity contribution in [2.24, 2.45) is 5.92 Å². The Hall–Kier alpha value is -4.29. The number of hydrogen-bond acceptors (Lipinski definition) is 6. The lowest BCUT2D eigenvalue weighted by atomic mass is 9.86. The lowest BCUT2D eigenvalue weighted by molar-refractivity contribution is -0.384. The molecule has 0 unspecified atom stereocenters. The summed E-state index contributed by atoms with van der Waals surface area (Å²) in [7, 11) is 1.70. The van der Waals surface area contributed by atoms with Gasteiger partial charge in [0.1, 0.15) is 5.65 Å². The standard InChI is InChI=1S/C33H34F3N5O4/c1-45-28-10-4-7-24(19-28)32(42)39-15-13-38(14-16-39)21-29-31(23-6-3-9-27(18-23)41(43)44)37-30-12-11-25(20-40(29)30)22-5-2-8-26(17-22)33(34,35)36/h2-3,5-6,8-9,11-12,17-18,20,24,28H,4,7,10,13-16,19,21H2,1H3/t24-,28+/m0/s1. The van der Waals surface area contributed by atoms with E-state index in [9.17, 15) is 28.1 Å². The first-order valence-electron chi connectivity index (χ1n) is 15.1. The first-order valence-corrected chi connectivity index (χ1v) is 15.1. The number of benzene rings is 2. The number of fused-ring (bicyclic) bond motifs is 1. The summed E-state index contributed by atoms with van der Waals surface area (Å²) in [4.78, 5) is 33.4. The minimum atomic E-state index is -4.47. The number of carbonyl (C=O) groups excluding carboxylic acids is 1. The number of carbonyl (C=O) groups is 1. The van der Waals surface area contributed by atoms with Gasteiger partial charge >= 0.3 is 6.18 Å². The number of rotatable bonds is 7. The van der Waals surface area contributed by atoms with E-state index in [2.05, 4.69) is 4.90 Å². The third-order valence-corrected chi connectivity index (χ3v) is 8.94. The SMILES string of the molecule is CO[C@@H]1CCC[C@H](C(=O)N2CCN(Cc3c(-c4cccc([N+](=O)[O-])c4)nc4ccc(-c5cccc(C(F)(F)F)c5)cn34)CC2)C1. The van der Waals surface area contributed by atoms with Crippen LogP contribution in [0.2, 0.25) is 0 Å². The van der Waals surface area contributed by atoms with Crippen LogP contribution < -0.4 is 0 Å². The van der Waals surface area contributed by atoms with E-state index in [-0.39, 0.29) is 23.6 Å². The molecule has 1 aliphatic heterocycles. The number of amides is 1. The van der Waals surface area contributed by atoms with Crippen LogP contribution in [0.25, 0.3) is 28.0 Å². The maximum Gasteiger partial charge on any atom is 0.416 e. The summed E-state index contributed by atoms with van der Waals surface area (Å²) in [6, 6.07) is 14.9. The van der Waals surface area contributed by atoms with Crippen LogP contribution in [0.4, 0.5) is 18.9 Å². The molecule has 0 radical (unpaired) electrons. The summed E-state index contributed by atoms with van der Waals surface area (Å²) in [6.07, 6.45) is 1.00. The van der Waals surface area contributed by atoms with Crippen LogP contribution in [0.3, 0.4) is 0 Å². The maximum absolute atomic E-state index is 13.5. The number of imidazole rings is 1. The van der Waals surface area contributed by atoms with E-state index in [4.69, 9.17) is 9.72 Å². The fraction of sp³-hybridized carbons (Fsp3) is 0.394. The molecule has 12 heteroatoms. The molecule has 2 aromatic heterocycles. The van der Waals surface area contributed by atoms with Crippen molar-refractivity contribution in [1.82, 2.24) is 19.2 Å². The number of non-ortho nitro benzene ring substituents is 1. The minimum absolute atomic E-state index is 0.0243. The van der Waals surface area contributed by atoms with E-state index in [1.165, 1.54) is 18.2 Å². The molecular weight excluding hydrogens is 587 g/mol. The molecule has 0 bridgehead atoms. The predicted molar refractivity (Wildman–Crippen MR) is 162 cm³/mol. The topological polar surface area (TPSA) is 93.2 Å². The van der Waals surface area contributed by atoms with E-state index in [0.29, 0.717) is 60.8 Å². The van der Waals surface area contributed by atoms with E-state index in [1.807, 2.05) is 9.30 Å². The molecule has 2 aliphatic rings. The van der Waals surface area contributed by atoms with Crippen LogP contribution in [0.1, 0.15) is 36.9 Å². The molecule has 1 aliphatic carbocycles. The molecule has 2 fully saturated rings. The van der Waals surface area contributed by atoms with E-state index < -0.39 is 16.7 Å². The number of alkyl halides is 3. The van der Waals surface area contributed by atoms with E-state index in [0.717, 1.165) is 43.5 Å². The first-order chi connectivity index (χ1) is 21.6. The molecule has 3 heterocycles. The van der Waals surface area contributed by atoms with Crippen LogP contribution >= 0.6 is 0 Å². The van der Waals surface area contributed by atoms with Crippen molar-refractivity contribution in [3.8, 4) is 22.4 Å². The zero-order valence-electron chi connectivity index (χ0n) is 24.9. The Morgan fingerprint density at radius 2 is 1.76 bits per heavy atom. The number of aromatic nitrogens is 2. The first kappa shape index (κ1) is 30.7. The quantitative estimate of drug-likeness (QED) is 0.174. The Morgan fingerprint density at radius 1 is 1.00 bits per heavy atom. The van der Waals surface area contributed by atoms with Crippen LogP contribution in [-0.2, 0) is 22.3 Å². The van der Waals surface area contributed by atoms with Crippen molar-refractivity contribution in [2.75, 3.05) is 33.3 Å². The van der Waals surface area contributed by atoms with Gasteiger partial charge in [-0.25, -0.2) is 4.98 Å². The molecule has 1 saturated heterocycles. The second-order valence-corrected chi connectivity index (χ2v) is 11.8. The molecule has 236 valence electrons. The summed E-state index contributed by atoms with van der Waals surface area (Å²) in [6.45, 7) is 2.83. The summed E-state index contributed by atoms with van der Waals surface area (Å²) in [5.74, 6) is 0.151. The number of nitro groups is 1. The number of piperazine rings is 1. The highest BCUT2D eigenvalue weighted by molar-refractivity contribution is 5.79. The van der Waals surface area contributed by atoms with Crippen molar-refractivity contribution in [1.29, 1.82) is 0 Å². The highest BCUT2D eigenvalue weighted by Crippen LogP contribution is 2.34. The Labute approximate surface area is 258 Å². The van der Waals surface area contributed by atoms with Crippen molar-refractivity contribution < 1.29 is 27.6 Å². The van der Waals surface area contributed by atoms with Gasteiger partial charge in [0.05, 0.1) is 28.0 Å². The van der Waals surface area contributed by atoms with Gasteiger partial charge in [0.25, 0.3) is 5.69 Å². The van der Waals surface area contributed by atoms with Gasteiger partial charge in [0, 0.05) is 69.6 Å². The van der Waals surface area contributed by atoms with Gasteiger partial charge in [-0.05, 0) is 54.7 Å². The average Bonchev–Trinajstić information content (AvgIpc) is 3.42. The molecule has 0 N–H and O–H groups in total. The predicted octanol–water partition coefficient (Wildman–Crippen LogP) is 6.44. The van der Waals surface area contributed by atoms with Gasteiger partial charge in [0.15, 0.2) is 0 Å². The van der Waals surface area contributed by atoms with Gasteiger partial charge in [-0.3, -0.25) is 19.8 Å². The Morgan fingerprint density at radius 3 is 2.49 bits per heavy atom. The molecule has 1 saturated carbocycles. The Kier molecular flexibility index (Phi) is 8.61. The molecular formula is C33H34F3N5O4. The zero-order valence-corrected chi connectivity index (χ0v) is 24.9. The van der Waals surface area contributed by atoms with E-state index in [1.54, 1.807) is 43.6 Å². The van der Waals surface area contributed by atoms with Gasteiger partial charge in [-0.1, -0.05) is 30.7 Å². The molecule has 6 rings (SSSR count). The monoisotopic (exact) mass is 621 g/mol. The normalized spacial score (nSPS) is 19.6. The second kappa shape index (κ2) is 12.6. The molecule has 2 atom stereocenters. The van der Waals surface area contributed by atoms with Gasteiger partial charge in [-0.2, -0.15) is 13.2 Å². The van der Waals surface area contributed by atoms with Gasteiger partial charge < -0.3 is 14.0 Å². The third-order valence-electron chi connectivity index (χ3n) is 8.94. The summed E-state index contributed by atoms with van der Waals surface area (Å²) in [5, 5.41) is 11.5. The van der Waals surface area contributed by atoms with Crippen molar-refractivity contribution in [2.45, 2.75) is 44.5 Å². The number of methoxy groups -OCH3 is 1. The number of halogens is 3. The fourth-order valence-electron chi connectivity index (χ4n) is 6.47. The molecule has 0 spiro atoms. The number of nitro benzene ring substituents is 1. The number of pyridine rings is 1. The average molecular weight is 622 g/mol. The minimum Gasteiger partial charge on any atom is -0.381 e. The number of nitrogens with zero attached hydrogens (tertiary/aromatic N) is 5. The van der Waals surface area contributed by atoms with Crippen LogP contribution in [0.5, 0.6) is 0 Å². The van der Waals surface area contributed by atoms with Crippen molar-refractivity contribution in [3.63, 3.8) is 0 Å². The molecule has 1 amide bonds. The van der Waals surface area contributed by atoms with Crippen LogP contribution in [0, 0.1) is 16.0 Å². The largest absolute Gasteiger partial charge is 0.416 e. The van der Waals surface area contributed by atoms with Gasteiger partial charge in [-0.15, -0.1) is 0 Å². The third kappa shape index (κ3) is 6.57. The maximum atomic E-state index is 13.5. The van der Waals surface area contributed by atoms with Crippen molar-refractivity contribution >= 4 is 17.2 Å². The lowest BCUT2D eigenvalue weighted by Gasteiger charge is -2.38. The Bertz CT molecular complexity index is 1710. The molecule has 2 aromatic carbocycles. The Balaban J connectivity index is 1.30. The fourth-order valence-corrected chi connectivity index (χ4v) is 6.47. The summed E-state index contributed by atoms with van der Waals surface area (Å²) < 4.78 is 47.8. The smallest absolute Gasteiger partial charge is 0.381 e. The zero-order chi connectivity index (χ0) is 31.7. The second-order valence-electron chi connectivity index (χ2n) is 11.8. The number of ether oxygens (including phenoxy) is 1. The van der Waals surface area contributed by atoms with Crippen LogP contribution in [-0.4, -0.2) is 69.4 Å². The number of hydrogen-bond donors (Lipinski definition) is 0. The van der Waals surface area contributed by atoms with E-state index >= 15 is 0 Å². The summed E-state index contributed by atoms with van der Waals surface area (Å²) in [5.41, 5.74) is 2.65. The van der Waals surface area contributed by atoms with Crippen molar-refractivity contribution in [3.05, 3.63) is 88.2 Å². The summed E-state index contributed by atoms with van der Waals surface area (Å²) >= 11 is 0. The van der Waals surface area contributed by atoms with Crippen LogP contribution in [0.15, 0.2) is 66.9 Å². The molecule has 9 nitrogen and oxygen atoms in total. The highest BCUT2D eigenvalue weighted by Gasteiger charge is 2.33. The molecule has 45 heavy (non-hydrogen) atoms. The highest BCUT2D eigenvalue weighted by atomic mass is 19.4. The molecule has 4 aromatic rings. The lowest BCUT2D eigenvalue weighted by Crippen LogP contribution is -2.50. The van der Waals surface area contributed by atoms with Gasteiger partial charge in [0.2, 0.25) is 5.91 Å².